The van der Waals surface area contributed by atoms with E-state index < -0.39 is 0 Å². The Hall–Kier alpha value is -0.0400. The van der Waals surface area contributed by atoms with Gasteiger partial charge in [0, 0.05) is 12.1 Å². The van der Waals surface area contributed by atoms with E-state index in [0.717, 1.165) is 23.9 Å². The van der Waals surface area contributed by atoms with E-state index in [1.54, 1.807) is 0 Å². The highest BCUT2D eigenvalue weighted by molar-refractivity contribution is 4.81. The van der Waals surface area contributed by atoms with Crippen molar-refractivity contribution in [3.63, 3.8) is 0 Å². The third kappa shape index (κ3) is 4.08. The largest absolute Gasteiger partial charge is 0.311 e. The molecular weight excluding hydrogens is 194 g/mol. The third-order valence-electron chi connectivity index (χ3n) is 4.57. The van der Waals surface area contributed by atoms with E-state index in [2.05, 4.69) is 19.2 Å². The molecule has 0 amide bonds. The topological polar surface area (TPSA) is 12.0 Å². The lowest BCUT2D eigenvalue weighted by atomic mass is 9.97. The van der Waals surface area contributed by atoms with Crippen LogP contribution in [-0.2, 0) is 0 Å². The first kappa shape index (κ1) is 12.4. The van der Waals surface area contributed by atoms with Gasteiger partial charge in [-0.2, -0.15) is 0 Å². The Morgan fingerprint density at radius 3 is 2.44 bits per heavy atom. The lowest BCUT2D eigenvalue weighted by Gasteiger charge is -2.22. The summed E-state index contributed by atoms with van der Waals surface area (Å²) in [6.45, 7) is 4.74. The second-order valence-electron chi connectivity index (χ2n) is 6.23. The summed E-state index contributed by atoms with van der Waals surface area (Å²) in [4.78, 5) is 0. The molecule has 2 aliphatic carbocycles. The number of hydrogen-bond acceptors (Lipinski definition) is 1. The molecule has 0 aromatic carbocycles. The van der Waals surface area contributed by atoms with Crippen molar-refractivity contribution in [2.45, 2.75) is 83.7 Å². The van der Waals surface area contributed by atoms with Gasteiger partial charge in [-0.3, -0.25) is 0 Å². The summed E-state index contributed by atoms with van der Waals surface area (Å²) in [5, 5.41) is 3.87. The fourth-order valence-electron chi connectivity index (χ4n) is 3.28. The van der Waals surface area contributed by atoms with Crippen LogP contribution >= 0.6 is 0 Å². The van der Waals surface area contributed by atoms with E-state index in [4.69, 9.17) is 0 Å². The van der Waals surface area contributed by atoms with Crippen molar-refractivity contribution in [3.05, 3.63) is 0 Å². The van der Waals surface area contributed by atoms with Crippen LogP contribution in [-0.4, -0.2) is 12.1 Å². The van der Waals surface area contributed by atoms with Gasteiger partial charge in [-0.1, -0.05) is 39.0 Å². The van der Waals surface area contributed by atoms with E-state index in [1.807, 2.05) is 0 Å². The van der Waals surface area contributed by atoms with Crippen molar-refractivity contribution in [2.75, 3.05) is 0 Å². The van der Waals surface area contributed by atoms with Gasteiger partial charge in [-0.15, -0.1) is 0 Å². The number of rotatable bonds is 5. The van der Waals surface area contributed by atoms with Crippen LogP contribution in [0.1, 0.15) is 71.6 Å². The van der Waals surface area contributed by atoms with Crippen molar-refractivity contribution in [2.24, 2.45) is 11.8 Å². The Morgan fingerprint density at radius 1 is 1.00 bits per heavy atom. The number of hydrogen-bond donors (Lipinski definition) is 1. The fourth-order valence-corrected chi connectivity index (χ4v) is 3.28. The Bertz CT molecular complexity index is 198. The van der Waals surface area contributed by atoms with Gasteiger partial charge in [-0.25, -0.2) is 0 Å². The molecule has 0 aliphatic heterocycles. The molecular formula is C15H29N. The summed E-state index contributed by atoms with van der Waals surface area (Å²) in [6, 6.07) is 1.58. The van der Waals surface area contributed by atoms with Gasteiger partial charge in [0.1, 0.15) is 0 Å². The molecule has 0 aromatic rings. The van der Waals surface area contributed by atoms with Gasteiger partial charge in [0.05, 0.1) is 0 Å². The predicted molar refractivity (Wildman–Crippen MR) is 70.6 cm³/mol. The van der Waals surface area contributed by atoms with Crippen LogP contribution in [0, 0.1) is 11.8 Å². The van der Waals surface area contributed by atoms with Crippen LogP contribution in [0.4, 0.5) is 0 Å². The van der Waals surface area contributed by atoms with Crippen LogP contribution in [0.5, 0.6) is 0 Å². The molecule has 2 fully saturated rings. The summed E-state index contributed by atoms with van der Waals surface area (Å²) in [6.07, 6.45) is 13.0. The summed E-state index contributed by atoms with van der Waals surface area (Å²) in [5.41, 5.74) is 0. The van der Waals surface area contributed by atoms with Gasteiger partial charge in [0.25, 0.3) is 0 Å². The Balaban J connectivity index is 1.67. The maximum Gasteiger partial charge on any atom is 0.00696 e. The molecule has 0 spiro atoms. The van der Waals surface area contributed by atoms with Crippen LogP contribution in [0.15, 0.2) is 0 Å². The highest BCUT2D eigenvalue weighted by atomic mass is 14.9. The summed E-state index contributed by atoms with van der Waals surface area (Å²) >= 11 is 0. The van der Waals surface area contributed by atoms with Gasteiger partial charge < -0.3 is 5.32 Å². The summed E-state index contributed by atoms with van der Waals surface area (Å²) < 4.78 is 0. The molecule has 0 bridgehead atoms. The van der Waals surface area contributed by atoms with Gasteiger partial charge in [0.2, 0.25) is 0 Å². The molecule has 3 atom stereocenters. The van der Waals surface area contributed by atoms with E-state index in [9.17, 15) is 0 Å². The zero-order valence-electron chi connectivity index (χ0n) is 11.2. The average Bonchev–Trinajstić information content (AvgIpc) is 3.06. The Kier molecular flexibility index (Phi) is 4.69. The molecule has 2 aliphatic rings. The minimum absolute atomic E-state index is 0.760. The van der Waals surface area contributed by atoms with Crippen molar-refractivity contribution >= 4 is 0 Å². The highest BCUT2D eigenvalue weighted by Crippen LogP contribution is 2.34. The highest BCUT2D eigenvalue weighted by Gasteiger charge is 2.25. The van der Waals surface area contributed by atoms with E-state index in [0.29, 0.717) is 0 Å². The maximum absolute atomic E-state index is 3.87. The SMILES string of the molecule is CCC1CCCC(NC(C)CC2CC2)CC1. The second kappa shape index (κ2) is 6.05. The van der Waals surface area contributed by atoms with Crippen molar-refractivity contribution in [3.8, 4) is 0 Å². The lowest BCUT2D eigenvalue weighted by Crippen LogP contribution is -2.36. The summed E-state index contributed by atoms with van der Waals surface area (Å²) in [5.74, 6) is 2.09. The molecule has 1 nitrogen and oxygen atoms in total. The molecule has 0 radical (unpaired) electrons. The molecule has 1 heteroatoms. The van der Waals surface area contributed by atoms with Gasteiger partial charge in [-0.05, 0) is 44.4 Å². The second-order valence-corrected chi connectivity index (χ2v) is 6.23. The molecule has 1 N–H and O–H groups in total. The van der Waals surface area contributed by atoms with Crippen LogP contribution in [0.3, 0.4) is 0 Å². The minimum Gasteiger partial charge on any atom is -0.311 e. The first-order valence-corrected chi connectivity index (χ1v) is 7.54. The van der Waals surface area contributed by atoms with Crippen molar-refractivity contribution in [1.82, 2.24) is 5.32 Å². The fraction of sp³-hybridized carbons (Fsp3) is 1.00. The average molecular weight is 223 g/mol. The minimum atomic E-state index is 0.760. The standard InChI is InChI=1S/C15H29N/c1-3-13-5-4-6-15(10-9-13)16-12(2)11-14-7-8-14/h12-16H,3-11H2,1-2H3. The van der Waals surface area contributed by atoms with Crippen LogP contribution in [0.25, 0.3) is 0 Å². The monoisotopic (exact) mass is 223 g/mol. The van der Waals surface area contributed by atoms with Gasteiger partial charge >= 0.3 is 0 Å². The van der Waals surface area contributed by atoms with Crippen molar-refractivity contribution in [1.29, 1.82) is 0 Å². The Labute approximate surface area is 101 Å². The zero-order chi connectivity index (χ0) is 11.4. The maximum atomic E-state index is 3.87. The summed E-state index contributed by atoms with van der Waals surface area (Å²) in [7, 11) is 0. The van der Waals surface area contributed by atoms with Gasteiger partial charge in [0.15, 0.2) is 0 Å². The van der Waals surface area contributed by atoms with Crippen LogP contribution in [0.2, 0.25) is 0 Å². The molecule has 2 saturated carbocycles. The van der Waals surface area contributed by atoms with Crippen molar-refractivity contribution < 1.29 is 0 Å². The zero-order valence-corrected chi connectivity index (χ0v) is 11.2. The van der Waals surface area contributed by atoms with E-state index >= 15 is 0 Å². The molecule has 16 heavy (non-hydrogen) atoms. The smallest absolute Gasteiger partial charge is 0.00696 e. The molecule has 94 valence electrons. The molecule has 0 aromatic heterocycles. The predicted octanol–water partition coefficient (Wildman–Crippen LogP) is 4.12. The third-order valence-corrected chi connectivity index (χ3v) is 4.57. The first-order valence-electron chi connectivity index (χ1n) is 7.54. The quantitative estimate of drug-likeness (QED) is 0.691. The van der Waals surface area contributed by atoms with E-state index in [1.165, 1.54) is 57.8 Å². The molecule has 2 rings (SSSR count). The Morgan fingerprint density at radius 2 is 1.75 bits per heavy atom. The van der Waals surface area contributed by atoms with Crippen LogP contribution < -0.4 is 5.32 Å². The molecule has 3 unspecified atom stereocenters. The molecule has 0 saturated heterocycles. The lowest BCUT2D eigenvalue weighted by molar-refractivity contribution is 0.376. The first-order chi connectivity index (χ1) is 7.78. The van der Waals surface area contributed by atoms with E-state index in [-0.39, 0.29) is 0 Å². The number of nitrogens with one attached hydrogen (secondary N) is 1. The molecule has 0 heterocycles. The normalized spacial score (nSPS) is 33.4.